The van der Waals surface area contributed by atoms with E-state index in [0.717, 1.165) is 6.42 Å². The number of hydrogen-bond donors (Lipinski definition) is 1. The summed E-state index contributed by atoms with van der Waals surface area (Å²) in [6, 6.07) is 0.346. The lowest BCUT2D eigenvalue weighted by molar-refractivity contribution is 0.0732. The molecule has 1 fully saturated rings. The molecular formula is C13H13BrF3NO2. The van der Waals surface area contributed by atoms with Crippen molar-refractivity contribution in [1.82, 2.24) is 4.90 Å². The molecule has 1 aromatic rings. The molecule has 0 saturated carbocycles. The molecule has 110 valence electrons. The maximum Gasteiger partial charge on any atom is 0.257 e. The van der Waals surface area contributed by atoms with Crippen molar-refractivity contribution in [1.29, 1.82) is 0 Å². The van der Waals surface area contributed by atoms with Crippen LogP contribution in [0.25, 0.3) is 0 Å². The average molecular weight is 352 g/mol. The van der Waals surface area contributed by atoms with E-state index < -0.39 is 34.7 Å². The zero-order chi connectivity index (χ0) is 15.0. The molecule has 0 aliphatic carbocycles. The molecule has 1 aliphatic heterocycles. The molecule has 20 heavy (non-hydrogen) atoms. The molecular weight excluding hydrogens is 339 g/mol. The van der Waals surface area contributed by atoms with E-state index >= 15 is 0 Å². The fraction of sp³-hybridized carbons (Fsp3) is 0.462. The van der Waals surface area contributed by atoms with Crippen molar-refractivity contribution < 1.29 is 23.1 Å². The fourth-order valence-corrected chi connectivity index (χ4v) is 3.38. The Hall–Kier alpha value is -1.24. The lowest BCUT2D eigenvalue weighted by Gasteiger charge is -2.25. The zero-order valence-electron chi connectivity index (χ0n) is 10.7. The highest BCUT2D eigenvalue weighted by atomic mass is 79.9. The van der Waals surface area contributed by atoms with Crippen LogP contribution in [0.3, 0.4) is 0 Å². The summed E-state index contributed by atoms with van der Waals surface area (Å²) < 4.78 is 40.0. The molecule has 1 amide bonds. The highest BCUT2D eigenvalue weighted by Gasteiger charge is 2.36. The van der Waals surface area contributed by atoms with Gasteiger partial charge in [0, 0.05) is 17.9 Å². The van der Waals surface area contributed by atoms with E-state index in [1.165, 1.54) is 4.90 Å². The second-order valence-electron chi connectivity index (χ2n) is 4.87. The predicted molar refractivity (Wildman–Crippen MR) is 70.4 cm³/mol. The molecule has 1 heterocycles. The first kappa shape index (κ1) is 15.2. The predicted octanol–water partition coefficient (Wildman–Crippen LogP) is 3.06. The van der Waals surface area contributed by atoms with Crippen LogP contribution < -0.4 is 0 Å². The first-order valence-electron chi connectivity index (χ1n) is 6.11. The van der Waals surface area contributed by atoms with Crippen molar-refractivity contribution in [2.45, 2.75) is 19.4 Å². The minimum Gasteiger partial charge on any atom is -0.503 e. The average Bonchev–Trinajstić information content (AvgIpc) is 2.80. The molecule has 0 aromatic heterocycles. The number of benzene rings is 1. The molecule has 3 nitrogen and oxygen atoms in total. The molecule has 1 aliphatic rings. The third-order valence-corrected chi connectivity index (χ3v) is 4.33. The number of phenols is 1. The summed E-state index contributed by atoms with van der Waals surface area (Å²) in [6.07, 6.45) is 0.749. The molecule has 1 aromatic carbocycles. The number of aromatic hydroxyl groups is 1. The Labute approximate surface area is 122 Å². The summed E-state index contributed by atoms with van der Waals surface area (Å²) >= 11 is 3.29. The van der Waals surface area contributed by atoms with Crippen LogP contribution in [0.5, 0.6) is 5.75 Å². The van der Waals surface area contributed by atoms with E-state index in [1.54, 1.807) is 0 Å². The van der Waals surface area contributed by atoms with E-state index in [1.807, 2.05) is 6.92 Å². The van der Waals surface area contributed by atoms with E-state index in [0.29, 0.717) is 17.9 Å². The third-order valence-electron chi connectivity index (χ3n) is 3.66. The summed E-state index contributed by atoms with van der Waals surface area (Å²) in [7, 11) is 0. The van der Waals surface area contributed by atoms with Gasteiger partial charge in [0.25, 0.3) is 5.91 Å². The molecule has 2 unspecified atom stereocenters. The van der Waals surface area contributed by atoms with Gasteiger partial charge in [-0.1, -0.05) is 22.9 Å². The van der Waals surface area contributed by atoms with Crippen LogP contribution >= 0.6 is 15.9 Å². The Balaban J connectivity index is 2.40. The Kier molecular flexibility index (Phi) is 4.27. The number of alkyl halides is 1. The SMILES string of the molecule is CC1CCN(C(=O)c2cc(F)c(F)c(O)c2F)C1CBr. The Morgan fingerprint density at radius 3 is 2.70 bits per heavy atom. The standard InChI is InChI=1S/C13H13BrF3NO2/c1-6-2-3-18(9(6)5-14)13(20)7-4-8(15)11(17)12(19)10(7)16/h4,6,9,19H,2-3,5H2,1H3. The highest BCUT2D eigenvalue weighted by molar-refractivity contribution is 9.09. The van der Waals surface area contributed by atoms with Gasteiger partial charge >= 0.3 is 0 Å². The number of hydrogen-bond acceptors (Lipinski definition) is 2. The van der Waals surface area contributed by atoms with Crippen molar-refractivity contribution >= 4 is 21.8 Å². The molecule has 1 N–H and O–H groups in total. The van der Waals surface area contributed by atoms with E-state index in [2.05, 4.69) is 15.9 Å². The zero-order valence-corrected chi connectivity index (χ0v) is 12.3. The van der Waals surface area contributed by atoms with Gasteiger partial charge in [0.2, 0.25) is 5.82 Å². The van der Waals surface area contributed by atoms with Crippen molar-refractivity contribution in [3.05, 3.63) is 29.1 Å². The minimum absolute atomic E-state index is 0.142. The number of amides is 1. The van der Waals surface area contributed by atoms with E-state index in [9.17, 15) is 18.0 Å². The molecule has 0 bridgehead atoms. The molecule has 2 atom stereocenters. The molecule has 1 saturated heterocycles. The Morgan fingerprint density at radius 1 is 1.45 bits per heavy atom. The normalized spacial score (nSPS) is 22.4. The first-order chi connectivity index (χ1) is 9.38. The first-order valence-corrected chi connectivity index (χ1v) is 7.24. The number of carbonyl (C=O) groups excluding carboxylic acids is 1. The van der Waals surface area contributed by atoms with Gasteiger partial charge in [0.15, 0.2) is 17.4 Å². The van der Waals surface area contributed by atoms with Gasteiger partial charge in [0.1, 0.15) is 0 Å². The van der Waals surface area contributed by atoms with Crippen LogP contribution in [-0.2, 0) is 0 Å². The van der Waals surface area contributed by atoms with Gasteiger partial charge in [-0.3, -0.25) is 4.79 Å². The maximum absolute atomic E-state index is 13.8. The van der Waals surface area contributed by atoms with Gasteiger partial charge < -0.3 is 10.0 Å². The van der Waals surface area contributed by atoms with Crippen molar-refractivity contribution in [2.24, 2.45) is 5.92 Å². The van der Waals surface area contributed by atoms with Crippen molar-refractivity contribution in [3.8, 4) is 5.75 Å². The summed E-state index contributed by atoms with van der Waals surface area (Å²) in [6.45, 7) is 2.37. The number of nitrogens with zero attached hydrogens (tertiary/aromatic N) is 1. The van der Waals surface area contributed by atoms with Crippen molar-refractivity contribution in [3.63, 3.8) is 0 Å². The largest absolute Gasteiger partial charge is 0.503 e. The Bertz CT molecular complexity index is 553. The van der Waals surface area contributed by atoms with Crippen LogP contribution in [0.4, 0.5) is 13.2 Å². The summed E-state index contributed by atoms with van der Waals surface area (Å²) in [5, 5.41) is 9.68. The third kappa shape index (κ3) is 2.39. The molecule has 2 rings (SSSR count). The van der Waals surface area contributed by atoms with Gasteiger partial charge in [-0.25, -0.2) is 8.78 Å². The lowest BCUT2D eigenvalue weighted by Crippen LogP contribution is -2.39. The lowest BCUT2D eigenvalue weighted by atomic mass is 10.0. The van der Waals surface area contributed by atoms with Gasteiger partial charge in [-0.05, 0) is 18.4 Å². The van der Waals surface area contributed by atoms with Gasteiger partial charge in [-0.15, -0.1) is 0 Å². The van der Waals surface area contributed by atoms with Crippen LogP contribution in [0.1, 0.15) is 23.7 Å². The van der Waals surface area contributed by atoms with E-state index in [4.69, 9.17) is 5.11 Å². The second kappa shape index (κ2) is 5.63. The number of carbonyl (C=O) groups is 1. The number of phenolic OH excluding ortho intramolecular Hbond substituents is 1. The molecule has 0 radical (unpaired) electrons. The molecule has 0 spiro atoms. The quantitative estimate of drug-likeness (QED) is 0.657. The van der Waals surface area contributed by atoms with Crippen LogP contribution in [0.15, 0.2) is 6.07 Å². The number of rotatable bonds is 2. The van der Waals surface area contributed by atoms with Crippen molar-refractivity contribution in [2.75, 3.05) is 11.9 Å². The summed E-state index contributed by atoms with van der Waals surface area (Å²) in [5.74, 6) is -6.55. The van der Waals surface area contributed by atoms with Gasteiger partial charge in [-0.2, -0.15) is 4.39 Å². The summed E-state index contributed by atoms with van der Waals surface area (Å²) in [4.78, 5) is 13.7. The second-order valence-corrected chi connectivity index (χ2v) is 5.52. The Morgan fingerprint density at radius 2 is 2.10 bits per heavy atom. The van der Waals surface area contributed by atoms with Crippen LogP contribution in [-0.4, -0.2) is 33.8 Å². The highest BCUT2D eigenvalue weighted by Crippen LogP contribution is 2.31. The fourth-order valence-electron chi connectivity index (χ4n) is 2.40. The van der Waals surface area contributed by atoms with Crippen LogP contribution in [0, 0.1) is 23.4 Å². The smallest absolute Gasteiger partial charge is 0.257 e. The maximum atomic E-state index is 13.8. The number of likely N-dealkylation sites (tertiary alicyclic amines) is 1. The topological polar surface area (TPSA) is 40.5 Å². The van der Waals surface area contributed by atoms with Gasteiger partial charge in [0.05, 0.1) is 5.56 Å². The molecule has 7 heteroatoms. The summed E-state index contributed by atoms with van der Waals surface area (Å²) in [5.41, 5.74) is -0.651. The van der Waals surface area contributed by atoms with E-state index in [-0.39, 0.29) is 12.0 Å². The minimum atomic E-state index is -1.69. The monoisotopic (exact) mass is 351 g/mol. The number of halogens is 4. The van der Waals surface area contributed by atoms with Crippen LogP contribution in [0.2, 0.25) is 0 Å².